The summed E-state index contributed by atoms with van der Waals surface area (Å²) in [6.07, 6.45) is 3.04. The smallest absolute Gasteiger partial charge is 0.351 e. The van der Waals surface area contributed by atoms with E-state index in [2.05, 4.69) is 25.4 Å². The molecule has 0 aliphatic heterocycles. The lowest BCUT2D eigenvalue weighted by Gasteiger charge is -2.20. The molecule has 158 valence electrons. The van der Waals surface area contributed by atoms with Gasteiger partial charge in [-0.15, -0.1) is 0 Å². The Morgan fingerprint density at radius 2 is 1.90 bits per heavy atom. The van der Waals surface area contributed by atoms with E-state index in [4.69, 9.17) is 0 Å². The molecular weight excluding hydrogens is 397 g/mol. The van der Waals surface area contributed by atoms with Gasteiger partial charge in [-0.1, -0.05) is 19.9 Å². The molecule has 1 atom stereocenters. The lowest BCUT2D eigenvalue weighted by atomic mass is 9.91. The highest BCUT2D eigenvalue weighted by atomic mass is 19.4. The molecule has 3 aromatic rings. The van der Waals surface area contributed by atoms with Crippen molar-refractivity contribution in [3.8, 4) is 5.95 Å². The lowest BCUT2D eigenvalue weighted by molar-refractivity contribution is -0.141. The molecule has 0 aliphatic rings. The highest BCUT2D eigenvalue weighted by molar-refractivity contribution is 5.95. The van der Waals surface area contributed by atoms with E-state index >= 15 is 0 Å². The van der Waals surface area contributed by atoms with Crippen LogP contribution in [0, 0.1) is 5.92 Å². The summed E-state index contributed by atoms with van der Waals surface area (Å²) in [5.41, 5.74) is -0.949. The van der Waals surface area contributed by atoms with Crippen LogP contribution in [0.15, 0.2) is 49.2 Å². The number of nitrogens with zero attached hydrogens (tertiary/aromatic N) is 5. The van der Waals surface area contributed by atoms with Gasteiger partial charge in [0.2, 0.25) is 5.95 Å². The van der Waals surface area contributed by atoms with Crippen molar-refractivity contribution in [1.82, 2.24) is 30.0 Å². The Hall–Kier alpha value is -3.30. The third-order valence-corrected chi connectivity index (χ3v) is 4.41. The van der Waals surface area contributed by atoms with Crippen LogP contribution in [0.25, 0.3) is 5.95 Å². The summed E-state index contributed by atoms with van der Waals surface area (Å²) in [5.74, 6) is -0.669. The molecule has 0 spiro atoms. The third-order valence-electron chi connectivity index (χ3n) is 4.41. The number of nitrogens with one attached hydrogen (secondary N) is 1. The number of rotatable bonds is 7. The maximum atomic E-state index is 13.5. The van der Waals surface area contributed by atoms with Crippen molar-refractivity contribution < 1.29 is 18.0 Å². The Kier molecular flexibility index (Phi) is 6.43. The molecular formula is C20H21F3N6O. The molecule has 0 bridgehead atoms. The van der Waals surface area contributed by atoms with Crippen molar-refractivity contribution >= 4 is 5.91 Å². The number of aromatic nitrogens is 5. The van der Waals surface area contributed by atoms with E-state index in [0.29, 0.717) is 5.92 Å². The first-order chi connectivity index (χ1) is 14.3. The zero-order valence-electron chi connectivity index (χ0n) is 16.5. The minimum absolute atomic E-state index is 0.0601. The summed E-state index contributed by atoms with van der Waals surface area (Å²) in [6.45, 7) is 4.25. The molecule has 0 saturated heterocycles. The molecule has 0 fully saturated rings. The average Bonchev–Trinajstić information content (AvgIpc) is 3.18. The molecule has 0 aromatic carbocycles. The number of alkyl halides is 3. The number of amides is 1. The van der Waals surface area contributed by atoms with Gasteiger partial charge in [-0.25, -0.2) is 14.6 Å². The van der Waals surface area contributed by atoms with Gasteiger partial charge >= 0.3 is 6.18 Å². The average molecular weight is 418 g/mol. The predicted octanol–water partition coefficient (Wildman–Crippen LogP) is 3.64. The van der Waals surface area contributed by atoms with Crippen molar-refractivity contribution in [2.75, 3.05) is 6.54 Å². The quantitative estimate of drug-likeness (QED) is 0.633. The molecule has 1 N–H and O–H groups in total. The summed E-state index contributed by atoms with van der Waals surface area (Å²) in [6, 6.07) is 5.20. The van der Waals surface area contributed by atoms with E-state index in [1.165, 1.54) is 18.5 Å². The molecule has 0 aliphatic carbocycles. The van der Waals surface area contributed by atoms with Gasteiger partial charge in [0, 0.05) is 43.4 Å². The number of carbonyl (C=O) groups excluding carboxylic acids is 1. The van der Waals surface area contributed by atoms with Gasteiger partial charge in [-0.05, 0) is 30.0 Å². The van der Waals surface area contributed by atoms with Crippen LogP contribution in [0.3, 0.4) is 0 Å². The van der Waals surface area contributed by atoms with Crippen molar-refractivity contribution in [3.05, 3.63) is 66.0 Å². The Labute approximate surface area is 171 Å². The minimum Gasteiger partial charge on any atom is -0.351 e. The first kappa shape index (κ1) is 21.4. The second-order valence-corrected chi connectivity index (χ2v) is 7.21. The molecule has 1 unspecified atom stereocenters. The molecule has 3 heterocycles. The number of pyridine rings is 1. The first-order valence-corrected chi connectivity index (χ1v) is 9.38. The van der Waals surface area contributed by atoms with E-state index in [1.54, 1.807) is 18.5 Å². The number of hydrogen-bond acceptors (Lipinski definition) is 5. The van der Waals surface area contributed by atoms with Crippen molar-refractivity contribution in [3.63, 3.8) is 0 Å². The van der Waals surface area contributed by atoms with Crippen LogP contribution in [0.2, 0.25) is 0 Å². The van der Waals surface area contributed by atoms with E-state index in [0.717, 1.165) is 22.9 Å². The molecule has 1 amide bonds. The number of carbonyl (C=O) groups is 1. The zero-order valence-corrected chi connectivity index (χ0v) is 16.5. The van der Waals surface area contributed by atoms with Crippen LogP contribution in [0.5, 0.6) is 0 Å². The molecule has 30 heavy (non-hydrogen) atoms. The predicted molar refractivity (Wildman–Crippen MR) is 103 cm³/mol. The van der Waals surface area contributed by atoms with Gasteiger partial charge in [0.05, 0.1) is 5.56 Å². The maximum Gasteiger partial charge on any atom is 0.435 e. The number of halogens is 3. The van der Waals surface area contributed by atoms with Crippen LogP contribution < -0.4 is 5.32 Å². The van der Waals surface area contributed by atoms with Crippen LogP contribution in [0.1, 0.15) is 47.8 Å². The molecule has 10 heteroatoms. The maximum absolute atomic E-state index is 13.5. The van der Waals surface area contributed by atoms with Gasteiger partial charge in [-0.3, -0.25) is 9.78 Å². The third kappa shape index (κ3) is 5.19. The van der Waals surface area contributed by atoms with Crippen LogP contribution in [-0.4, -0.2) is 37.2 Å². The zero-order chi connectivity index (χ0) is 21.7. The fraction of sp³-hybridized carbons (Fsp3) is 0.350. The topological polar surface area (TPSA) is 85.6 Å². The summed E-state index contributed by atoms with van der Waals surface area (Å²) in [5, 5.41) is 6.12. The van der Waals surface area contributed by atoms with E-state index < -0.39 is 23.3 Å². The minimum atomic E-state index is -4.80. The van der Waals surface area contributed by atoms with Crippen LogP contribution >= 0.6 is 0 Å². The molecule has 3 rings (SSSR count). The second-order valence-electron chi connectivity index (χ2n) is 7.21. The highest BCUT2D eigenvalue weighted by Crippen LogP contribution is 2.31. The van der Waals surface area contributed by atoms with Crippen molar-refractivity contribution in [2.24, 2.45) is 5.92 Å². The summed E-state index contributed by atoms with van der Waals surface area (Å²) in [7, 11) is 0. The largest absolute Gasteiger partial charge is 0.435 e. The van der Waals surface area contributed by atoms with E-state index in [9.17, 15) is 18.0 Å². The van der Waals surface area contributed by atoms with Crippen LogP contribution in [-0.2, 0) is 6.18 Å². The monoisotopic (exact) mass is 418 g/mol. The van der Waals surface area contributed by atoms with Crippen molar-refractivity contribution in [2.45, 2.75) is 32.4 Å². The Morgan fingerprint density at radius 1 is 1.17 bits per heavy atom. The number of hydrogen-bond donors (Lipinski definition) is 1. The summed E-state index contributed by atoms with van der Waals surface area (Å²) < 4.78 is 41.3. The van der Waals surface area contributed by atoms with Gasteiger partial charge in [-0.2, -0.15) is 18.3 Å². The standard InChI is InChI=1S/C20H21F3N6O/c1-13(2)9-15(14-5-3-6-24-10-14)11-27-18(30)16-12-29(19-25-7-4-8-26-19)28-17(16)20(21,22)23/h3-8,10,12-13,15H,9,11H2,1-2H3,(H,27,30). The Bertz CT molecular complexity index is 973. The summed E-state index contributed by atoms with van der Waals surface area (Å²) >= 11 is 0. The Morgan fingerprint density at radius 3 is 2.50 bits per heavy atom. The molecule has 7 nitrogen and oxygen atoms in total. The molecule has 0 radical (unpaired) electrons. The summed E-state index contributed by atoms with van der Waals surface area (Å²) in [4.78, 5) is 24.5. The lowest BCUT2D eigenvalue weighted by Crippen LogP contribution is -2.30. The van der Waals surface area contributed by atoms with E-state index in [1.807, 2.05) is 19.9 Å². The molecule has 3 aromatic heterocycles. The Balaban J connectivity index is 1.84. The fourth-order valence-corrected chi connectivity index (χ4v) is 3.10. The molecule has 0 saturated carbocycles. The second kappa shape index (κ2) is 9.02. The van der Waals surface area contributed by atoms with Crippen LogP contribution in [0.4, 0.5) is 13.2 Å². The first-order valence-electron chi connectivity index (χ1n) is 9.38. The van der Waals surface area contributed by atoms with Gasteiger partial charge in [0.1, 0.15) is 0 Å². The van der Waals surface area contributed by atoms with Crippen molar-refractivity contribution in [1.29, 1.82) is 0 Å². The van der Waals surface area contributed by atoms with Gasteiger partial charge in [0.15, 0.2) is 5.69 Å². The van der Waals surface area contributed by atoms with Gasteiger partial charge < -0.3 is 5.32 Å². The normalized spacial score (nSPS) is 12.7. The van der Waals surface area contributed by atoms with E-state index in [-0.39, 0.29) is 18.4 Å². The SMILES string of the molecule is CC(C)CC(CNC(=O)c1cn(-c2ncccn2)nc1C(F)(F)F)c1cccnc1. The fourth-order valence-electron chi connectivity index (χ4n) is 3.10. The van der Waals surface area contributed by atoms with Gasteiger partial charge in [0.25, 0.3) is 5.91 Å². The highest BCUT2D eigenvalue weighted by Gasteiger charge is 2.39.